The molecule has 16 heavy (non-hydrogen) atoms. The first-order valence-corrected chi connectivity index (χ1v) is 6.74. The second kappa shape index (κ2) is 5.37. The topological polar surface area (TPSA) is 23.6 Å². The lowest BCUT2D eigenvalue weighted by atomic mass is 9.97. The first-order valence-electron chi connectivity index (χ1n) is 6.21. The summed E-state index contributed by atoms with van der Waals surface area (Å²) in [6.45, 7) is 4.19. The molecule has 0 aromatic rings. The normalized spacial score (nSPS) is 29.0. The van der Waals surface area contributed by atoms with Gasteiger partial charge >= 0.3 is 0 Å². The number of nitrogens with zero attached hydrogens (tertiary/aromatic N) is 2. The molecule has 2 saturated heterocycles. The molecule has 2 aliphatic rings. The first-order chi connectivity index (χ1) is 7.69. The summed E-state index contributed by atoms with van der Waals surface area (Å²) in [7, 11) is 2.17. The van der Waals surface area contributed by atoms with E-state index in [9.17, 15) is 4.79 Å². The fourth-order valence-electron chi connectivity index (χ4n) is 2.69. The van der Waals surface area contributed by atoms with E-state index in [-0.39, 0.29) is 0 Å². The van der Waals surface area contributed by atoms with Crippen LogP contribution in [0.3, 0.4) is 0 Å². The van der Waals surface area contributed by atoms with Gasteiger partial charge in [-0.15, -0.1) is 11.6 Å². The van der Waals surface area contributed by atoms with Crippen molar-refractivity contribution >= 4 is 17.5 Å². The highest BCUT2D eigenvalue weighted by atomic mass is 35.5. The molecule has 0 aromatic heterocycles. The van der Waals surface area contributed by atoms with Gasteiger partial charge in [0.15, 0.2) is 0 Å². The number of amides is 1. The summed E-state index contributed by atoms with van der Waals surface area (Å²) >= 11 is 5.81. The standard InChI is InChI=1S/C12H21ClN2O/c1-14-4-2-10(3-5-14)8-15-9-11(7-13)6-12(15)16/h10-11H,2-9H2,1H3. The van der Waals surface area contributed by atoms with E-state index in [0.29, 0.717) is 30.0 Å². The van der Waals surface area contributed by atoms with Crippen LogP contribution in [0.2, 0.25) is 0 Å². The van der Waals surface area contributed by atoms with Gasteiger partial charge in [-0.2, -0.15) is 0 Å². The van der Waals surface area contributed by atoms with Crippen molar-refractivity contribution < 1.29 is 4.79 Å². The number of alkyl halides is 1. The molecule has 0 N–H and O–H groups in total. The smallest absolute Gasteiger partial charge is 0.222 e. The number of halogens is 1. The van der Waals surface area contributed by atoms with Gasteiger partial charge in [0, 0.05) is 25.4 Å². The Hall–Kier alpha value is -0.280. The van der Waals surface area contributed by atoms with Gasteiger partial charge in [0.25, 0.3) is 0 Å². The summed E-state index contributed by atoms with van der Waals surface area (Å²) < 4.78 is 0. The highest BCUT2D eigenvalue weighted by Crippen LogP contribution is 2.23. The van der Waals surface area contributed by atoms with Gasteiger partial charge in [-0.1, -0.05) is 0 Å². The van der Waals surface area contributed by atoms with Crippen LogP contribution in [0, 0.1) is 11.8 Å². The number of hydrogen-bond donors (Lipinski definition) is 0. The third-order valence-corrected chi connectivity index (χ3v) is 4.27. The minimum atomic E-state index is 0.310. The minimum Gasteiger partial charge on any atom is -0.342 e. The van der Waals surface area contributed by atoms with Crippen LogP contribution < -0.4 is 0 Å². The molecule has 0 spiro atoms. The van der Waals surface area contributed by atoms with E-state index in [1.807, 2.05) is 4.90 Å². The Bertz CT molecular complexity index is 251. The second-order valence-corrected chi connectivity index (χ2v) is 5.58. The lowest BCUT2D eigenvalue weighted by molar-refractivity contribution is -0.128. The zero-order valence-electron chi connectivity index (χ0n) is 9.99. The molecule has 3 nitrogen and oxygen atoms in total. The summed E-state index contributed by atoms with van der Waals surface area (Å²) in [5.41, 5.74) is 0. The highest BCUT2D eigenvalue weighted by molar-refractivity contribution is 6.18. The van der Waals surface area contributed by atoms with Crippen molar-refractivity contribution in [2.24, 2.45) is 11.8 Å². The average Bonchev–Trinajstić information content (AvgIpc) is 2.63. The molecule has 92 valence electrons. The van der Waals surface area contributed by atoms with Crippen LogP contribution in [-0.2, 0) is 4.79 Å². The SMILES string of the molecule is CN1CCC(CN2CC(CCl)CC2=O)CC1. The molecular weight excluding hydrogens is 224 g/mol. The van der Waals surface area contributed by atoms with Crippen LogP contribution in [0.4, 0.5) is 0 Å². The van der Waals surface area contributed by atoms with E-state index in [0.717, 1.165) is 13.1 Å². The monoisotopic (exact) mass is 244 g/mol. The zero-order valence-corrected chi connectivity index (χ0v) is 10.7. The maximum absolute atomic E-state index is 11.7. The highest BCUT2D eigenvalue weighted by Gasteiger charge is 2.31. The molecule has 1 unspecified atom stereocenters. The third-order valence-electron chi connectivity index (χ3n) is 3.83. The van der Waals surface area contributed by atoms with Crippen molar-refractivity contribution in [2.75, 3.05) is 39.1 Å². The van der Waals surface area contributed by atoms with Gasteiger partial charge in [0.1, 0.15) is 0 Å². The van der Waals surface area contributed by atoms with Crippen molar-refractivity contribution in [3.8, 4) is 0 Å². The quantitative estimate of drug-likeness (QED) is 0.701. The molecule has 0 saturated carbocycles. The molecular formula is C12H21ClN2O. The molecule has 1 amide bonds. The predicted molar refractivity (Wildman–Crippen MR) is 65.6 cm³/mol. The van der Waals surface area contributed by atoms with E-state index >= 15 is 0 Å². The van der Waals surface area contributed by atoms with Crippen LogP contribution in [0.15, 0.2) is 0 Å². The summed E-state index contributed by atoms with van der Waals surface area (Å²) in [6, 6.07) is 0. The lowest BCUT2D eigenvalue weighted by Gasteiger charge is -2.31. The van der Waals surface area contributed by atoms with Crippen LogP contribution in [0.5, 0.6) is 0 Å². The summed E-state index contributed by atoms with van der Waals surface area (Å²) in [4.78, 5) is 16.1. The number of carbonyl (C=O) groups excluding carboxylic acids is 1. The van der Waals surface area contributed by atoms with Gasteiger partial charge in [-0.25, -0.2) is 0 Å². The maximum Gasteiger partial charge on any atom is 0.222 e. The Morgan fingerprint density at radius 1 is 1.31 bits per heavy atom. The average molecular weight is 245 g/mol. The van der Waals surface area contributed by atoms with E-state index < -0.39 is 0 Å². The molecule has 4 heteroatoms. The summed E-state index contributed by atoms with van der Waals surface area (Å²) in [5.74, 6) is 2.02. The van der Waals surface area contributed by atoms with Crippen LogP contribution in [-0.4, -0.2) is 54.8 Å². The van der Waals surface area contributed by atoms with Crippen molar-refractivity contribution in [2.45, 2.75) is 19.3 Å². The zero-order chi connectivity index (χ0) is 11.5. The Labute approximate surface area is 103 Å². The van der Waals surface area contributed by atoms with Gasteiger partial charge in [0.2, 0.25) is 5.91 Å². The maximum atomic E-state index is 11.7. The van der Waals surface area contributed by atoms with Crippen molar-refractivity contribution in [1.82, 2.24) is 9.80 Å². The van der Waals surface area contributed by atoms with Crippen molar-refractivity contribution in [3.05, 3.63) is 0 Å². The fraction of sp³-hybridized carbons (Fsp3) is 0.917. The van der Waals surface area contributed by atoms with Crippen molar-refractivity contribution in [1.29, 1.82) is 0 Å². The number of likely N-dealkylation sites (tertiary alicyclic amines) is 2. The fourth-order valence-corrected chi connectivity index (χ4v) is 2.90. The van der Waals surface area contributed by atoms with Crippen LogP contribution in [0.1, 0.15) is 19.3 Å². The molecule has 0 radical (unpaired) electrons. The molecule has 0 aliphatic carbocycles. The number of carbonyl (C=O) groups is 1. The van der Waals surface area contributed by atoms with Gasteiger partial charge in [-0.3, -0.25) is 4.79 Å². The molecule has 1 atom stereocenters. The van der Waals surface area contributed by atoms with Gasteiger partial charge < -0.3 is 9.80 Å². The molecule has 2 fully saturated rings. The number of rotatable bonds is 3. The number of piperidine rings is 1. The third kappa shape index (κ3) is 2.89. The van der Waals surface area contributed by atoms with E-state index in [4.69, 9.17) is 11.6 Å². The number of hydrogen-bond acceptors (Lipinski definition) is 2. The predicted octanol–water partition coefficient (Wildman–Crippen LogP) is 1.42. The summed E-state index contributed by atoms with van der Waals surface area (Å²) in [6.07, 6.45) is 3.12. The molecule has 2 heterocycles. The van der Waals surface area contributed by atoms with E-state index in [2.05, 4.69) is 11.9 Å². The molecule has 2 rings (SSSR count). The van der Waals surface area contributed by atoms with Crippen LogP contribution >= 0.6 is 11.6 Å². The Morgan fingerprint density at radius 3 is 2.56 bits per heavy atom. The lowest BCUT2D eigenvalue weighted by Crippen LogP contribution is -2.37. The van der Waals surface area contributed by atoms with E-state index in [1.165, 1.54) is 25.9 Å². The Kier molecular flexibility index (Phi) is 4.09. The molecule has 2 aliphatic heterocycles. The van der Waals surface area contributed by atoms with Gasteiger partial charge in [-0.05, 0) is 44.8 Å². The second-order valence-electron chi connectivity index (χ2n) is 5.27. The van der Waals surface area contributed by atoms with Crippen molar-refractivity contribution in [3.63, 3.8) is 0 Å². The Balaban J connectivity index is 1.79. The largest absolute Gasteiger partial charge is 0.342 e. The molecule has 0 aromatic carbocycles. The minimum absolute atomic E-state index is 0.310. The first kappa shape index (κ1) is 12.2. The van der Waals surface area contributed by atoms with Gasteiger partial charge in [0.05, 0.1) is 0 Å². The molecule has 0 bridgehead atoms. The Morgan fingerprint density at radius 2 is 2.00 bits per heavy atom. The van der Waals surface area contributed by atoms with Crippen LogP contribution in [0.25, 0.3) is 0 Å². The van der Waals surface area contributed by atoms with E-state index in [1.54, 1.807) is 0 Å². The summed E-state index contributed by atoms with van der Waals surface area (Å²) in [5, 5.41) is 0.